The maximum absolute atomic E-state index is 5.70. The van der Waals surface area contributed by atoms with Crippen LogP contribution in [0.1, 0.15) is 39.0 Å². The van der Waals surface area contributed by atoms with Crippen molar-refractivity contribution in [1.29, 1.82) is 0 Å². The quantitative estimate of drug-likeness (QED) is 0.694. The smallest absolute Gasteiger partial charge is 0.0779 e. The van der Waals surface area contributed by atoms with Crippen LogP contribution in [0.15, 0.2) is 0 Å². The van der Waals surface area contributed by atoms with Crippen LogP contribution >= 0.6 is 0 Å². The van der Waals surface area contributed by atoms with Crippen LogP contribution in [0.4, 0.5) is 0 Å². The molecule has 2 aliphatic rings. The van der Waals surface area contributed by atoms with Crippen molar-refractivity contribution in [3.8, 4) is 0 Å². The third-order valence-corrected chi connectivity index (χ3v) is 3.17. The lowest BCUT2D eigenvalue weighted by Gasteiger charge is -2.31. The van der Waals surface area contributed by atoms with E-state index in [4.69, 9.17) is 4.74 Å². The largest absolute Gasteiger partial charge is 0.374 e. The molecule has 70 valence electrons. The average molecular weight is 169 g/mol. The van der Waals surface area contributed by atoms with Gasteiger partial charge in [-0.3, -0.25) is 0 Å². The van der Waals surface area contributed by atoms with Crippen molar-refractivity contribution in [3.63, 3.8) is 0 Å². The van der Waals surface area contributed by atoms with E-state index in [-0.39, 0.29) is 5.60 Å². The summed E-state index contributed by atoms with van der Waals surface area (Å²) in [6.45, 7) is 4.24. The molecule has 12 heavy (non-hydrogen) atoms. The molecule has 1 heterocycles. The molecule has 0 radical (unpaired) electrons. The zero-order chi connectivity index (χ0) is 8.44. The lowest BCUT2D eigenvalue weighted by Crippen LogP contribution is -2.44. The fraction of sp³-hybridized carbons (Fsp3) is 1.00. The third-order valence-electron chi connectivity index (χ3n) is 3.17. The summed E-state index contributed by atoms with van der Waals surface area (Å²) < 4.78 is 5.70. The predicted molar refractivity (Wildman–Crippen MR) is 49.2 cm³/mol. The van der Waals surface area contributed by atoms with Crippen LogP contribution in [0.5, 0.6) is 0 Å². The van der Waals surface area contributed by atoms with Gasteiger partial charge in [0.1, 0.15) is 0 Å². The van der Waals surface area contributed by atoms with Gasteiger partial charge in [-0.15, -0.1) is 0 Å². The molecular formula is C10H19NO. The first-order valence-corrected chi connectivity index (χ1v) is 5.16. The van der Waals surface area contributed by atoms with E-state index >= 15 is 0 Å². The molecule has 0 spiro atoms. The minimum atomic E-state index is 0.148. The summed E-state index contributed by atoms with van der Waals surface area (Å²) in [6.07, 6.45) is 6.62. The molecule has 0 amide bonds. The summed E-state index contributed by atoms with van der Waals surface area (Å²) in [5, 5.41) is 3.58. The number of hydrogen-bond acceptors (Lipinski definition) is 2. The van der Waals surface area contributed by atoms with Crippen LogP contribution in [0.2, 0.25) is 0 Å². The van der Waals surface area contributed by atoms with E-state index in [1.54, 1.807) is 0 Å². The highest BCUT2D eigenvalue weighted by Crippen LogP contribution is 2.25. The molecule has 1 aliphatic carbocycles. The summed E-state index contributed by atoms with van der Waals surface area (Å²) >= 11 is 0. The van der Waals surface area contributed by atoms with E-state index in [1.165, 1.54) is 32.1 Å². The van der Waals surface area contributed by atoms with E-state index in [0.29, 0.717) is 0 Å². The highest BCUT2D eigenvalue weighted by Gasteiger charge is 2.30. The molecule has 1 atom stereocenters. The van der Waals surface area contributed by atoms with Gasteiger partial charge in [-0.05, 0) is 32.6 Å². The van der Waals surface area contributed by atoms with E-state index < -0.39 is 0 Å². The molecular weight excluding hydrogens is 150 g/mol. The van der Waals surface area contributed by atoms with Gasteiger partial charge in [0.05, 0.1) is 5.60 Å². The number of rotatable bonds is 3. The van der Waals surface area contributed by atoms with E-state index in [9.17, 15) is 0 Å². The first kappa shape index (κ1) is 8.52. The van der Waals surface area contributed by atoms with Gasteiger partial charge in [-0.25, -0.2) is 0 Å². The first-order chi connectivity index (χ1) is 5.79. The number of hydrogen-bond donors (Lipinski definition) is 1. The van der Waals surface area contributed by atoms with Gasteiger partial charge in [-0.1, -0.05) is 6.42 Å². The van der Waals surface area contributed by atoms with Crippen molar-refractivity contribution < 1.29 is 4.74 Å². The fourth-order valence-electron chi connectivity index (χ4n) is 1.95. The Balaban J connectivity index is 1.70. The molecule has 1 saturated carbocycles. The van der Waals surface area contributed by atoms with Gasteiger partial charge >= 0.3 is 0 Å². The van der Waals surface area contributed by atoms with Crippen molar-refractivity contribution in [1.82, 2.24) is 5.32 Å². The summed E-state index contributed by atoms with van der Waals surface area (Å²) in [6, 6.07) is 0.797. The topological polar surface area (TPSA) is 21.3 Å². The normalized spacial score (nSPS) is 36.8. The van der Waals surface area contributed by atoms with Crippen molar-refractivity contribution in [3.05, 3.63) is 0 Å². The summed E-state index contributed by atoms with van der Waals surface area (Å²) in [4.78, 5) is 0. The van der Waals surface area contributed by atoms with E-state index in [1.807, 2.05) is 0 Å². The molecule has 0 aromatic carbocycles. The standard InChI is InChI=1S/C10H19NO/c1-10(6-3-7-12-10)8-11-9-4-2-5-9/h9,11H,2-8H2,1H3. The number of ether oxygens (including phenoxy) is 1. The molecule has 2 fully saturated rings. The Labute approximate surface area is 74.7 Å². The van der Waals surface area contributed by atoms with E-state index in [0.717, 1.165) is 19.2 Å². The highest BCUT2D eigenvalue weighted by molar-refractivity contribution is 4.86. The Bertz CT molecular complexity index is 148. The average Bonchev–Trinajstić information content (AvgIpc) is 2.33. The van der Waals surface area contributed by atoms with E-state index in [2.05, 4.69) is 12.2 Å². The summed E-state index contributed by atoms with van der Waals surface area (Å²) in [7, 11) is 0. The number of nitrogens with one attached hydrogen (secondary N) is 1. The molecule has 2 rings (SSSR count). The van der Waals surface area contributed by atoms with Gasteiger partial charge < -0.3 is 10.1 Å². The second kappa shape index (κ2) is 3.35. The second-order valence-corrected chi connectivity index (χ2v) is 4.41. The Kier molecular flexibility index (Phi) is 2.37. The Morgan fingerprint density at radius 3 is 2.75 bits per heavy atom. The second-order valence-electron chi connectivity index (χ2n) is 4.41. The van der Waals surface area contributed by atoms with Crippen LogP contribution in [0, 0.1) is 0 Å². The summed E-state index contributed by atoms with van der Waals surface area (Å²) in [5.74, 6) is 0. The SMILES string of the molecule is CC1(CNC2CCC2)CCCO1. The van der Waals surface area contributed by atoms with Crippen LogP contribution in [-0.4, -0.2) is 24.8 Å². The zero-order valence-electron chi connectivity index (χ0n) is 7.94. The Morgan fingerprint density at radius 2 is 2.25 bits per heavy atom. The molecule has 0 bridgehead atoms. The Hall–Kier alpha value is -0.0800. The van der Waals surface area contributed by atoms with Gasteiger partial charge in [0.2, 0.25) is 0 Å². The fourth-order valence-corrected chi connectivity index (χ4v) is 1.95. The molecule has 2 nitrogen and oxygen atoms in total. The zero-order valence-corrected chi connectivity index (χ0v) is 7.94. The lowest BCUT2D eigenvalue weighted by molar-refractivity contribution is 0.0166. The molecule has 1 unspecified atom stereocenters. The molecule has 0 aromatic rings. The molecule has 1 saturated heterocycles. The minimum absolute atomic E-state index is 0.148. The van der Waals surface area contributed by atoms with Gasteiger partial charge in [-0.2, -0.15) is 0 Å². The lowest BCUT2D eigenvalue weighted by atomic mass is 9.92. The molecule has 1 aliphatic heterocycles. The van der Waals surface area contributed by atoms with Crippen LogP contribution < -0.4 is 5.32 Å². The minimum Gasteiger partial charge on any atom is -0.374 e. The first-order valence-electron chi connectivity index (χ1n) is 5.16. The summed E-state index contributed by atoms with van der Waals surface area (Å²) in [5.41, 5.74) is 0.148. The van der Waals surface area contributed by atoms with Gasteiger partial charge in [0.25, 0.3) is 0 Å². The Morgan fingerprint density at radius 1 is 1.42 bits per heavy atom. The van der Waals surface area contributed by atoms with Crippen LogP contribution in [0.25, 0.3) is 0 Å². The maximum Gasteiger partial charge on any atom is 0.0779 e. The van der Waals surface area contributed by atoms with Crippen molar-refractivity contribution in [2.75, 3.05) is 13.2 Å². The molecule has 1 N–H and O–H groups in total. The van der Waals surface area contributed by atoms with Crippen molar-refractivity contribution in [2.24, 2.45) is 0 Å². The highest BCUT2D eigenvalue weighted by atomic mass is 16.5. The molecule has 2 heteroatoms. The predicted octanol–water partition coefficient (Wildman–Crippen LogP) is 1.70. The van der Waals surface area contributed by atoms with Crippen molar-refractivity contribution in [2.45, 2.75) is 50.7 Å². The van der Waals surface area contributed by atoms with Crippen LogP contribution in [0.3, 0.4) is 0 Å². The monoisotopic (exact) mass is 169 g/mol. The van der Waals surface area contributed by atoms with Gasteiger partial charge in [0.15, 0.2) is 0 Å². The van der Waals surface area contributed by atoms with Gasteiger partial charge in [0, 0.05) is 19.2 Å². The van der Waals surface area contributed by atoms with Crippen LogP contribution in [-0.2, 0) is 4.74 Å². The molecule has 0 aromatic heterocycles. The maximum atomic E-state index is 5.70. The van der Waals surface area contributed by atoms with Crippen molar-refractivity contribution >= 4 is 0 Å². The third kappa shape index (κ3) is 1.80.